The van der Waals surface area contributed by atoms with Crippen LogP contribution in [0.15, 0.2) is 29.2 Å². The van der Waals surface area contributed by atoms with E-state index in [4.69, 9.17) is 4.74 Å². The molecule has 0 fully saturated rings. The Morgan fingerprint density at radius 1 is 1.41 bits per heavy atom. The molecule has 1 atom stereocenters. The summed E-state index contributed by atoms with van der Waals surface area (Å²) in [6.45, 7) is 3.51. The molecule has 1 N–H and O–H groups in total. The Morgan fingerprint density at radius 3 is 2.82 bits per heavy atom. The highest BCUT2D eigenvalue weighted by molar-refractivity contribution is 7.97. The molecule has 90 valence electrons. The van der Waals surface area contributed by atoms with Gasteiger partial charge in [-0.25, -0.2) is 9.52 Å². The Hall–Kier alpha value is -1.33. The molecule has 0 aromatic heterocycles. The molecule has 2 rings (SSSR count). The fraction of sp³-hybridized carbons (Fsp3) is 0.333. The first-order chi connectivity index (χ1) is 8.09. The molecule has 1 aliphatic rings. The van der Waals surface area contributed by atoms with E-state index in [-0.39, 0.29) is 11.9 Å². The Bertz CT molecular complexity index is 459. The number of nitrogens with one attached hydrogen (secondary N) is 1. The average Bonchev–Trinajstić information content (AvgIpc) is 2.28. The quantitative estimate of drug-likeness (QED) is 0.493. The van der Waals surface area contributed by atoms with Gasteiger partial charge in [-0.05, 0) is 31.9 Å². The molecule has 5 heteroatoms. The first-order valence-corrected chi connectivity index (χ1v) is 6.17. The summed E-state index contributed by atoms with van der Waals surface area (Å²) in [5.41, 5.74) is 0.571. The predicted molar refractivity (Wildman–Crippen MR) is 64.8 cm³/mol. The fourth-order valence-corrected chi connectivity index (χ4v) is 2.42. The zero-order valence-corrected chi connectivity index (χ0v) is 10.4. The normalized spacial score (nSPS) is 19.0. The molecule has 0 bridgehead atoms. The third-order valence-electron chi connectivity index (χ3n) is 2.29. The van der Waals surface area contributed by atoms with E-state index in [1.54, 1.807) is 26.0 Å². The van der Waals surface area contributed by atoms with Gasteiger partial charge in [-0.2, -0.15) is 0 Å². The van der Waals surface area contributed by atoms with Crippen LogP contribution in [0.4, 0.5) is 0 Å². The summed E-state index contributed by atoms with van der Waals surface area (Å²) >= 11 is 1.28. The molecule has 1 heterocycles. The molecule has 4 nitrogen and oxygen atoms in total. The molecule has 0 spiro atoms. The van der Waals surface area contributed by atoms with Gasteiger partial charge in [-0.1, -0.05) is 18.2 Å². The smallest absolute Gasteiger partial charge is 0.332 e. The lowest BCUT2D eigenvalue weighted by Gasteiger charge is -2.23. The molecule has 1 aromatic carbocycles. The standard InChI is InChI=1S/C12H13NO3S/c1-7(2)16-12(15)10-11(14)8-5-3-4-6-9(8)17-13-10/h3-7,10,13H,1-2H3. The minimum Gasteiger partial charge on any atom is -0.461 e. The molecule has 1 aromatic rings. The van der Waals surface area contributed by atoms with E-state index in [0.717, 1.165) is 4.90 Å². The first-order valence-electron chi connectivity index (χ1n) is 5.35. The molecular weight excluding hydrogens is 238 g/mol. The molecule has 0 saturated heterocycles. The van der Waals surface area contributed by atoms with Crippen LogP contribution >= 0.6 is 11.9 Å². The van der Waals surface area contributed by atoms with E-state index < -0.39 is 12.0 Å². The van der Waals surface area contributed by atoms with Gasteiger partial charge in [-0.3, -0.25) is 4.79 Å². The number of benzene rings is 1. The zero-order valence-electron chi connectivity index (χ0n) is 9.60. The fourth-order valence-electron chi connectivity index (χ4n) is 1.55. The van der Waals surface area contributed by atoms with Crippen molar-refractivity contribution in [2.75, 3.05) is 0 Å². The number of esters is 1. The van der Waals surface area contributed by atoms with E-state index in [2.05, 4.69) is 4.72 Å². The lowest BCUT2D eigenvalue weighted by atomic mass is 10.0. The van der Waals surface area contributed by atoms with Gasteiger partial charge in [0, 0.05) is 10.5 Å². The molecular formula is C12H13NO3S. The summed E-state index contributed by atoms with van der Waals surface area (Å²) in [6, 6.07) is 6.30. The van der Waals surface area contributed by atoms with Crippen molar-refractivity contribution in [1.29, 1.82) is 0 Å². The Kier molecular flexibility index (Phi) is 3.49. The van der Waals surface area contributed by atoms with Crippen molar-refractivity contribution in [2.24, 2.45) is 0 Å². The third-order valence-corrected chi connectivity index (χ3v) is 3.22. The van der Waals surface area contributed by atoms with Crippen molar-refractivity contribution in [3.05, 3.63) is 29.8 Å². The van der Waals surface area contributed by atoms with Crippen LogP contribution in [0.5, 0.6) is 0 Å². The van der Waals surface area contributed by atoms with Crippen molar-refractivity contribution in [2.45, 2.75) is 30.9 Å². The summed E-state index contributed by atoms with van der Waals surface area (Å²) in [7, 11) is 0. The van der Waals surface area contributed by atoms with Crippen LogP contribution in [0.3, 0.4) is 0 Å². The number of fused-ring (bicyclic) bond motifs is 1. The van der Waals surface area contributed by atoms with Gasteiger partial charge in [0.1, 0.15) is 0 Å². The van der Waals surface area contributed by atoms with E-state index in [9.17, 15) is 9.59 Å². The van der Waals surface area contributed by atoms with Crippen molar-refractivity contribution in [1.82, 2.24) is 4.72 Å². The summed E-state index contributed by atoms with van der Waals surface area (Å²) in [5, 5.41) is 0. The molecule has 0 amide bonds. The highest BCUT2D eigenvalue weighted by Crippen LogP contribution is 2.27. The number of Topliss-reactive ketones (excluding diaryl/α,β-unsaturated/α-hetero) is 1. The molecule has 0 aliphatic carbocycles. The molecule has 1 aliphatic heterocycles. The van der Waals surface area contributed by atoms with Gasteiger partial charge in [0.15, 0.2) is 11.8 Å². The van der Waals surface area contributed by atoms with Crippen molar-refractivity contribution in [3.8, 4) is 0 Å². The van der Waals surface area contributed by atoms with Crippen LogP contribution in [0, 0.1) is 0 Å². The van der Waals surface area contributed by atoms with Crippen molar-refractivity contribution in [3.63, 3.8) is 0 Å². The van der Waals surface area contributed by atoms with Gasteiger partial charge >= 0.3 is 5.97 Å². The van der Waals surface area contributed by atoms with Gasteiger partial charge in [0.2, 0.25) is 0 Å². The number of hydrogen-bond acceptors (Lipinski definition) is 5. The maximum Gasteiger partial charge on any atom is 0.332 e. The van der Waals surface area contributed by atoms with Gasteiger partial charge in [0.25, 0.3) is 0 Å². The predicted octanol–water partition coefficient (Wildman–Crippen LogP) is 1.80. The summed E-state index contributed by atoms with van der Waals surface area (Å²) < 4.78 is 7.86. The first kappa shape index (κ1) is 12.1. The summed E-state index contributed by atoms with van der Waals surface area (Å²) in [4.78, 5) is 24.6. The van der Waals surface area contributed by atoms with Gasteiger partial charge in [-0.15, -0.1) is 0 Å². The van der Waals surface area contributed by atoms with Crippen LogP contribution in [0.2, 0.25) is 0 Å². The summed E-state index contributed by atoms with van der Waals surface area (Å²) in [5.74, 6) is -0.753. The molecule has 0 radical (unpaired) electrons. The minimum absolute atomic E-state index is 0.223. The Labute approximate surface area is 104 Å². The average molecular weight is 251 g/mol. The van der Waals surface area contributed by atoms with E-state index in [0.29, 0.717) is 5.56 Å². The maximum absolute atomic E-state index is 12.1. The van der Waals surface area contributed by atoms with E-state index in [1.807, 2.05) is 12.1 Å². The zero-order chi connectivity index (χ0) is 12.4. The lowest BCUT2D eigenvalue weighted by molar-refractivity contribution is -0.147. The van der Waals surface area contributed by atoms with Crippen LogP contribution in [-0.4, -0.2) is 23.9 Å². The number of carbonyl (C=O) groups is 2. The number of rotatable bonds is 2. The van der Waals surface area contributed by atoms with Crippen molar-refractivity contribution < 1.29 is 14.3 Å². The second kappa shape index (κ2) is 4.89. The van der Waals surface area contributed by atoms with Crippen LogP contribution in [-0.2, 0) is 9.53 Å². The Balaban J connectivity index is 2.20. The number of carbonyl (C=O) groups excluding carboxylic acids is 2. The van der Waals surface area contributed by atoms with Crippen LogP contribution in [0.25, 0.3) is 0 Å². The number of ether oxygens (including phenoxy) is 1. The second-order valence-corrected chi connectivity index (χ2v) is 4.88. The SMILES string of the molecule is CC(C)OC(=O)C1NSc2ccccc2C1=O. The van der Waals surface area contributed by atoms with E-state index >= 15 is 0 Å². The highest BCUT2D eigenvalue weighted by Gasteiger charge is 2.34. The minimum atomic E-state index is -0.905. The second-order valence-electron chi connectivity index (χ2n) is 4.00. The number of ketones is 1. The largest absolute Gasteiger partial charge is 0.461 e. The van der Waals surface area contributed by atoms with Crippen LogP contribution in [0.1, 0.15) is 24.2 Å². The highest BCUT2D eigenvalue weighted by atomic mass is 32.2. The molecule has 17 heavy (non-hydrogen) atoms. The monoisotopic (exact) mass is 251 g/mol. The van der Waals surface area contributed by atoms with Gasteiger partial charge < -0.3 is 4.74 Å². The molecule has 0 saturated carbocycles. The maximum atomic E-state index is 12.1. The van der Waals surface area contributed by atoms with E-state index in [1.165, 1.54) is 11.9 Å². The summed E-state index contributed by atoms with van der Waals surface area (Å²) in [6.07, 6.45) is -0.223. The molecule has 1 unspecified atom stereocenters. The van der Waals surface area contributed by atoms with Crippen molar-refractivity contribution >= 4 is 23.7 Å². The lowest BCUT2D eigenvalue weighted by Crippen LogP contribution is -2.44. The topological polar surface area (TPSA) is 55.4 Å². The Morgan fingerprint density at radius 2 is 2.12 bits per heavy atom. The third kappa shape index (κ3) is 2.50. The van der Waals surface area contributed by atoms with Gasteiger partial charge in [0.05, 0.1) is 6.10 Å². The number of hydrogen-bond donors (Lipinski definition) is 1. The van der Waals surface area contributed by atoms with Crippen LogP contribution < -0.4 is 4.72 Å².